The molecule has 1 heterocycles. The maximum absolute atomic E-state index is 6.53. The number of aryl methyl sites for hydroxylation is 1. The minimum absolute atomic E-state index is 0.0291. The zero-order valence-electron chi connectivity index (χ0n) is 11.5. The van der Waals surface area contributed by atoms with Gasteiger partial charge in [0.05, 0.1) is 0 Å². The molecule has 1 saturated carbocycles. The van der Waals surface area contributed by atoms with E-state index < -0.39 is 0 Å². The van der Waals surface area contributed by atoms with E-state index >= 15 is 0 Å². The Balaban J connectivity index is 1.86. The minimum atomic E-state index is -0.0291. The van der Waals surface area contributed by atoms with Gasteiger partial charge in [-0.05, 0) is 57.1 Å². The molecular formula is C16H24N2. The Morgan fingerprint density at radius 1 is 1.28 bits per heavy atom. The van der Waals surface area contributed by atoms with Gasteiger partial charge in [-0.3, -0.25) is 0 Å². The summed E-state index contributed by atoms with van der Waals surface area (Å²) in [4.78, 5) is 2.54. The molecule has 1 fully saturated rings. The van der Waals surface area contributed by atoms with Crippen molar-refractivity contribution in [3.63, 3.8) is 0 Å². The van der Waals surface area contributed by atoms with E-state index in [0.29, 0.717) is 6.04 Å². The lowest BCUT2D eigenvalue weighted by atomic mass is 9.91. The maximum atomic E-state index is 6.53. The van der Waals surface area contributed by atoms with Crippen molar-refractivity contribution in [3.05, 3.63) is 29.8 Å². The fourth-order valence-corrected chi connectivity index (χ4v) is 3.24. The molecule has 18 heavy (non-hydrogen) atoms. The third-order valence-corrected chi connectivity index (χ3v) is 4.69. The van der Waals surface area contributed by atoms with E-state index in [2.05, 4.69) is 43.0 Å². The second-order valence-corrected chi connectivity index (χ2v) is 6.42. The lowest BCUT2D eigenvalue weighted by molar-refractivity contribution is 0.383. The second kappa shape index (κ2) is 4.27. The van der Waals surface area contributed by atoms with Crippen molar-refractivity contribution in [3.8, 4) is 0 Å². The van der Waals surface area contributed by atoms with Crippen LogP contribution in [0.1, 0.15) is 38.7 Å². The molecule has 2 atom stereocenters. The number of para-hydroxylation sites is 1. The first-order valence-electron chi connectivity index (χ1n) is 7.21. The highest BCUT2D eigenvalue weighted by Gasteiger charge is 2.40. The topological polar surface area (TPSA) is 29.3 Å². The predicted molar refractivity (Wildman–Crippen MR) is 76.9 cm³/mol. The third-order valence-electron chi connectivity index (χ3n) is 4.69. The van der Waals surface area contributed by atoms with Crippen LogP contribution in [0.2, 0.25) is 0 Å². The molecule has 98 valence electrons. The molecule has 0 aromatic heterocycles. The van der Waals surface area contributed by atoms with Crippen LogP contribution in [0.4, 0.5) is 5.69 Å². The molecule has 0 spiro atoms. The van der Waals surface area contributed by atoms with Crippen LogP contribution in [-0.2, 0) is 6.42 Å². The highest BCUT2D eigenvalue weighted by atomic mass is 15.2. The number of hydrogen-bond donors (Lipinski definition) is 1. The lowest BCUT2D eigenvalue weighted by Gasteiger charge is -2.42. The summed E-state index contributed by atoms with van der Waals surface area (Å²) in [5, 5.41) is 0. The van der Waals surface area contributed by atoms with Crippen molar-refractivity contribution >= 4 is 5.69 Å². The Kier molecular flexibility index (Phi) is 2.86. The van der Waals surface area contributed by atoms with E-state index in [1.165, 1.54) is 36.9 Å². The molecule has 1 aliphatic heterocycles. The molecule has 1 aromatic carbocycles. The monoisotopic (exact) mass is 244 g/mol. The molecule has 2 nitrogen and oxygen atoms in total. The summed E-state index contributed by atoms with van der Waals surface area (Å²) < 4.78 is 0. The van der Waals surface area contributed by atoms with Crippen LogP contribution in [0, 0.1) is 5.92 Å². The normalized spacial score (nSPS) is 26.6. The number of benzene rings is 1. The van der Waals surface area contributed by atoms with Crippen molar-refractivity contribution in [1.82, 2.24) is 0 Å². The Morgan fingerprint density at radius 2 is 2.00 bits per heavy atom. The summed E-state index contributed by atoms with van der Waals surface area (Å²) in [5.74, 6) is 0.735. The Bertz CT molecular complexity index is 434. The first kappa shape index (κ1) is 12.0. The van der Waals surface area contributed by atoms with Crippen LogP contribution in [0.5, 0.6) is 0 Å². The second-order valence-electron chi connectivity index (χ2n) is 6.42. The molecule has 0 amide bonds. The summed E-state index contributed by atoms with van der Waals surface area (Å²) in [6.07, 6.45) is 5.09. The number of anilines is 1. The van der Waals surface area contributed by atoms with E-state index in [0.717, 1.165) is 12.5 Å². The number of rotatable bonds is 3. The highest BCUT2D eigenvalue weighted by Crippen LogP contribution is 2.40. The van der Waals surface area contributed by atoms with Crippen LogP contribution in [0.15, 0.2) is 24.3 Å². The molecule has 1 aromatic rings. The number of hydrogen-bond acceptors (Lipinski definition) is 2. The minimum Gasteiger partial charge on any atom is -0.367 e. The fourth-order valence-electron chi connectivity index (χ4n) is 3.24. The van der Waals surface area contributed by atoms with Gasteiger partial charge in [0.1, 0.15) is 0 Å². The van der Waals surface area contributed by atoms with Crippen LogP contribution < -0.4 is 10.6 Å². The van der Waals surface area contributed by atoms with Crippen LogP contribution in [0.3, 0.4) is 0 Å². The average Bonchev–Trinajstić information content (AvgIpc) is 3.17. The van der Waals surface area contributed by atoms with Gasteiger partial charge in [0.2, 0.25) is 0 Å². The van der Waals surface area contributed by atoms with Gasteiger partial charge in [0.15, 0.2) is 0 Å². The Hall–Kier alpha value is -1.02. The van der Waals surface area contributed by atoms with Gasteiger partial charge in [-0.25, -0.2) is 0 Å². The maximum Gasteiger partial charge on any atom is 0.0401 e. The van der Waals surface area contributed by atoms with E-state index in [1.54, 1.807) is 0 Å². The molecule has 2 unspecified atom stereocenters. The van der Waals surface area contributed by atoms with Crippen molar-refractivity contribution in [2.45, 2.75) is 51.1 Å². The van der Waals surface area contributed by atoms with Crippen LogP contribution in [-0.4, -0.2) is 18.1 Å². The molecular weight excluding hydrogens is 220 g/mol. The van der Waals surface area contributed by atoms with E-state index in [9.17, 15) is 0 Å². The number of nitrogens with zero attached hydrogens (tertiary/aromatic N) is 1. The highest BCUT2D eigenvalue weighted by molar-refractivity contribution is 5.56. The fraction of sp³-hybridized carbons (Fsp3) is 0.625. The smallest absolute Gasteiger partial charge is 0.0401 e. The predicted octanol–water partition coefficient (Wildman–Crippen LogP) is 2.96. The molecule has 2 N–H and O–H groups in total. The summed E-state index contributed by atoms with van der Waals surface area (Å²) in [6, 6.07) is 9.43. The lowest BCUT2D eigenvalue weighted by Crippen LogP contribution is -2.53. The molecule has 2 heteroatoms. The molecule has 2 aliphatic rings. The van der Waals surface area contributed by atoms with Gasteiger partial charge in [0, 0.05) is 23.8 Å². The van der Waals surface area contributed by atoms with E-state index in [4.69, 9.17) is 5.73 Å². The van der Waals surface area contributed by atoms with Crippen molar-refractivity contribution < 1.29 is 0 Å². The van der Waals surface area contributed by atoms with Gasteiger partial charge >= 0.3 is 0 Å². The SMILES string of the molecule is CC1CCc2ccccc2N1CC(C)(N)C1CC1. The summed E-state index contributed by atoms with van der Waals surface area (Å²) in [6.45, 7) is 5.56. The zero-order valence-corrected chi connectivity index (χ0v) is 11.5. The number of nitrogens with two attached hydrogens (primary N) is 1. The van der Waals surface area contributed by atoms with Crippen LogP contribution in [0.25, 0.3) is 0 Å². The van der Waals surface area contributed by atoms with Gasteiger partial charge in [0.25, 0.3) is 0 Å². The standard InChI is InChI=1S/C16H24N2/c1-12-7-8-13-5-3-4-6-15(13)18(12)11-16(2,17)14-9-10-14/h3-6,12,14H,7-11,17H2,1-2H3. The average molecular weight is 244 g/mol. The molecule has 0 saturated heterocycles. The van der Waals surface area contributed by atoms with Gasteiger partial charge in [-0.15, -0.1) is 0 Å². The zero-order chi connectivity index (χ0) is 12.8. The van der Waals surface area contributed by atoms with Crippen molar-refractivity contribution in [2.75, 3.05) is 11.4 Å². The largest absolute Gasteiger partial charge is 0.367 e. The van der Waals surface area contributed by atoms with Gasteiger partial charge in [-0.1, -0.05) is 18.2 Å². The van der Waals surface area contributed by atoms with E-state index in [-0.39, 0.29) is 5.54 Å². The first-order chi connectivity index (χ1) is 8.58. The third kappa shape index (κ3) is 2.14. The molecule has 1 aliphatic carbocycles. The first-order valence-corrected chi connectivity index (χ1v) is 7.21. The van der Waals surface area contributed by atoms with Crippen LogP contribution >= 0.6 is 0 Å². The molecule has 3 rings (SSSR count). The van der Waals surface area contributed by atoms with Gasteiger partial charge in [-0.2, -0.15) is 0 Å². The summed E-state index contributed by atoms with van der Waals surface area (Å²) in [5.41, 5.74) is 9.40. The van der Waals surface area contributed by atoms with Gasteiger partial charge < -0.3 is 10.6 Å². The molecule has 0 radical (unpaired) electrons. The number of fused-ring (bicyclic) bond motifs is 1. The Morgan fingerprint density at radius 3 is 2.72 bits per heavy atom. The van der Waals surface area contributed by atoms with Crippen molar-refractivity contribution in [1.29, 1.82) is 0 Å². The van der Waals surface area contributed by atoms with Crippen molar-refractivity contribution in [2.24, 2.45) is 11.7 Å². The summed E-state index contributed by atoms with van der Waals surface area (Å²) >= 11 is 0. The molecule has 0 bridgehead atoms. The quantitative estimate of drug-likeness (QED) is 0.885. The Labute approximate surface area is 110 Å². The van der Waals surface area contributed by atoms with E-state index in [1.807, 2.05) is 0 Å². The summed E-state index contributed by atoms with van der Waals surface area (Å²) in [7, 11) is 0.